The Labute approximate surface area is 75.5 Å². The van der Waals surface area contributed by atoms with Crippen molar-refractivity contribution in [2.24, 2.45) is 17.8 Å². The Balaban J connectivity index is 2.38. The van der Waals surface area contributed by atoms with Gasteiger partial charge in [-0.05, 0) is 37.0 Å². The summed E-state index contributed by atoms with van der Waals surface area (Å²) in [4.78, 5) is 0. The lowest BCUT2D eigenvalue weighted by atomic mass is 9.74. The Bertz CT molecular complexity index is 142. The van der Waals surface area contributed by atoms with Gasteiger partial charge in [-0.15, -0.1) is 6.58 Å². The van der Waals surface area contributed by atoms with Crippen LogP contribution in [0.15, 0.2) is 12.7 Å². The molecule has 0 heterocycles. The molecule has 1 heteroatoms. The SMILES string of the molecule is C=CCC1CCC(C)C(CO)C1. The van der Waals surface area contributed by atoms with Crippen molar-refractivity contribution < 1.29 is 5.11 Å². The summed E-state index contributed by atoms with van der Waals surface area (Å²) in [6, 6.07) is 0. The van der Waals surface area contributed by atoms with E-state index in [9.17, 15) is 0 Å². The van der Waals surface area contributed by atoms with Crippen LogP contribution in [-0.2, 0) is 0 Å². The van der Waals surface area contributed by atoms with Gasteiger partial charge in [0.05, 0.1) is 0 Å². The summed E-state index contributed by atoms with van der Waals surface area (Å²) >= 11 is 0. The van der Waals surface area contributed by atoms with Gasteiger partial charge in [-0.1, -0.05) is 19.4 Å². The summed E-state index contributed by atoms with van der Waals surface area (Å²) in [6.45, 7) is 6.39. The highest BCUT2D eigenvalue weighted by atomic mass is 16.3. The molecule has 1 saturated carbocycles. The third kappa shape index (κ3) is 2.34. The number of aliphatic hydroxyl groups excluding tert-OH is 1. The van der Waals surface area contributed by atoms with E-state index in [-0.39, 0.29) is 0 Å². The highest BCUT2D eigenvalue weighted by Crippen LogP contribution is 2.34. The lowest BCUT2D eigenvalue weighted by molar-refractivity contribution is 0.115. The molecule has 3 unspecified atom stereocenters. The van der Waals surface area contributed by atoms with Gasteiger partial charge in [-0.25, -0.2) is 0 Å². The molecule has 0 aliphatic heterocycles. The predicted octanol–water partition coefficient (Wildman–Crippen LogP) is 2.61. The average Bonchev–Trinajstić information content (AvgIpc) is 2.09. The summed E-state index contributed by atoms with van der Waals surface area (Å²) in [5.74, 6) is 2.05. The Hall–Kier alpha value is -0.300. The van der Waals surface area contributed by atoms with Crippen LogP contribution in [0.5, 0.6) is 0 Å². The van der Waals surface area contributed by atoms with Crippen LogP contribution in [0.25, 0.3) is 0 Å². The maximum absolute atomic E-state index is 9.12. The minimum atomic E-state index is 0.370. The van der Waals surface area contributed by atoms with Crippen molar-refractivity contribution in [1.29, 1.82) is 0 Å². The molecule has 0 aromatic carbocycles. The third-order valence-corrected chi connectivity index (χ3v) is 3.21. The van der Waals surface area contributed by atoms with E-state index in [4.69, 9.17) is 5.11 Å². The third-order valence-electron chi connectivity index (χ3n) is 3.21. The molecule has 1 fully saturated rings. The maximum atomic E-state index is 9.12. The van der Waals surface area contributed by atoms with Crippen LogP contribution in [0.4, 0.5) is 0 Å². The van der Waals surface area contributed by atoms with Gasteiger partial charge in [-0.2, -0.15) is 0 Å². The van der Waals surface area contributed by atoms with Crippen molar-refractivity contribution in [3.05, 3.63) is 12.7 Å². The zero-order valence-corrected chi connectivity index (χ0v) is 8.00. The monoisotopic (exact) mass is 168 g/mol. The van der Waals surface area contributed by atoms with Crippen molar-refractivity contribution in [1.82, 2.24) is 0 Å². The lowest BCUT2D eigenvalue weighted by Crippen LogP contribution is -2.25. The Morgan fingerprint density at radius 1 is 1.50 bits per heavy atom. The van der Waals surface area contributed by atoms with Gasteiger partial charge >= 0.3 is 0 Å². The second-order valence-electron chi connectivity index (χ2n) is 4.12. The van der Waals surface area contributed by atoms with Crippen molar-refractivity contribution in [2.75, 3.05) is 6.61 Å². The molecule has 0 aromatic rings. The van der Waals surface area contributed by atoms with Crippen LogP contribution in [0.3, 0.4) is 0 Å². The van der Waals surface area contributed by atoms with Crippen molar-refractivity contribution >= 4 is 0 Å². The molecule has 1 rings (SSSR count). The van der Waals surface area contributed by atoms with Gasteiger partial charge in [0.15, 0.2) is 0 Å². The quantitative estimate of drug-likeness (QED) is 0.642. The molecule has 70 valence electrons. The Morgan fingerprint density at radius 3 is 2.83 bits per heavy atom. The number of hydrogen-bond donors (Lipinski definition) is 1. The summed E-state index contributed by atoms with van der Waals surface area (Å²) < 4.78 is 0. The topological polar surface area (TPSA) is 20.2 Å². The van der Waals surface area contributed by atoms with Crippen molar-refractivity contribution in [3.8, 4) is 0 Å². The minimum absolute atomic E-state index is 0.370. The number of hydrogen-bond acceptors (Lipinski definition) is 1. The zero-order chi connectivity index (χ0) is 8.97. The van der Waals surface area contributed by atoms with E-state index in [0.29, 0.717) is 12.5 Å². The van der Waals surface area contributed by atoms with Gasteiger partial charge in [0.25, 0.3) is 0 Å². The Morgan fingerprint density at radius 2 is 2.25 bits per heavy atom. The molecule has 0 aromatic heterocycles. The van der Waals surface area contributed by atoms with E-state index in [0.717, 1.165) is 18.3 Å². The van der Waals surface area contributed by atoms with E-state index in [1.807, 2.05) is 6.08 Å². The molecule has 1 aliphatic rings. The average molecular weight is 168 g/mol. The second-order valence-corrected chi connectivity index (χ2v) is 4.12. The van der Waals surface area contributed by atoms with Crippen molar-refractivity contribution in [2.45, 2.75) is 32.6 Å². The van der Waals surface area contributed by atoms with Gasteiger partial charge in [0, 0.05) is 6.61 Å². The molecule has 0 saturated heterocycles. The number of aliphatic hydroxyl groups is 1. The van der Waals surface area contributed by atoms with E-state index < -0.39 is 0 Å². The fraction of sp³-hybridized carbons (Fsp3) is 0.818. The Kier molecular flexibility index (Phi) is 3.80. The van der Waals surface area contributed by atoms with Gasteiger partial charge < -0.3 is 5.11 Å². The normalized spacial score (nSPS) is 36.3. The highest BCUT2D eigenvalue weighted by molar-refractivity contribution is 4.81. The molecule has 0 amide bonds. The molecule has 0 radical (unpaired) electrons. The molecule has 12 heavy (non-hydrogen) atoms. The molecule has 0 bridgehead atoms. The van der Waals surface area contributed by atoms with E-state index in [2.05, 4.69) is 13.5 Å². The summed E-state index contributed by atoms with van der Waals surface area (Å²) in [5.41, 5.74) is 0. The van der Waals surface area contributed by atoms with E-state index in [1.165, 1.54) is 19.3 Å². The van der Waals surface area contributed by atoms with Crippen LogP contribution >= 0.6 is 0 Å². The smallest absolute Gasteiger partial charge is 0.0461 e. The molecule has 0 spiro atoms. The van der Waals surface area contributed by atoms with Crippen LogP contribution in [0, 0.1) is 17.8 Å². The van der Waals surface area contributed by atoms with Gasteiger partial charge in [-0.3, -0.25) is 0 Å². The molecule has 1 nitrogen and oxygen atoms in total. The lowest BCUT2D eigenvalue weighted by Gasteiger charge is -2.32. The van der Waals surface area contributed by atoms with Gasteiger partial charge in [0.2, 0.25) is 0 Å². The van der Waals surface area contributed by atoms with Gasteiger partial charge in [0.1, 0.15) is 0 Å². The van der Waals surface area contributed by atoms with Crippen LogP contribution < -0.4 is 0 Å². The predicted molar refractivity (Wildman–Crippen MR) is 51.9 cm³/mol. The fourth-order valence-electron chi connectivity index (χ4n) is 2.22. The first-order valence-corrected chi connectivity index (χ1v) is 4.99. The molecule has 1 N–H and O–H groups in total. The van der Waals surface area contributed by atoms with E-state index in [1.54, 1.807) is 0 Å². The first-order chi connectivity index (χ1) is 5.77. The molecular formula is C11H20O. The first kappa shape index (κ1) is 9.79. The van der Waals surface area contributed by atoms with Crippen LogP contribution in [0.2, 0.25) is 0 Å². The van der Waals surface area contributed by atoms with Crippen molar-refractivity contribution in [3.63, 3.8) is 0 Å². The minimum Gasteiger partial charge on any atom is -0.396 e. The summed E-state index contributed by atoms with van der Waals surface area (Å²) in [6.07, 6.45) is 6.94. The fourth-order valence-corrected chi connectivity index (χ4v) is 2.22. The largest absolute Gasteiger partial charge is 0.396 e. The summed E-state index contributed by atoms with van der Waals surface area (Å²) in [7, 11) is 0. The standard InChI is InChI=1S/C11H20O/c1-3-4-10-6-5-9(2)11(7-10)8-12/h3,9-12H,1,4-8H2,2H3. The van der Waals surface area contributed by atoms with Crippen LogP contribution in [-0.4, -0.2) is 11.7 Å². The summed E-state index contributed by atoms with van der Waals surface area (Å²) in [5, 5.41) is 9.12. The first-order valence-electron chi connectivity index (χ1n) is 4.99. The maximum Gasteiger partial charge on any atom is 0.0461 e. The molecule has 3 atom stereocenters. The highest BCUT2D eigenvalue weighted by Gasteiger charge is 2.26. The molecular weight excluding hydrogens is 148 g/mol. The number of allylic oxidation sites excluding steroid dienone is 1. The van der Waals surface area contributed by atoms with E-state index >= 15 is 0 Å². The number of rotatable bonds is 3. The molecule has 1 aliphatic carbocycles. The second kappa shape index (κ2) is 4.66. The zero-order valence-electron chi connectivity index (χ0n) is 8.00. The van der Waals surface area contributed by atoms with Crippen LogP contribution in [0.1, 0.15) is 32.6 Å².